The van der Waals surface area contributed by atoms with Crippen molar-refractivity contribution in [1.29, 1.82) is 0 Å². The van der Waals surface area contributed by atoms with Gasteiger partial charge in [-0.2, -0.15) is 5.10 Å². The lowest BCUT2D eigenvalue weighted by molar-refractivity contribution is -0.274. The third kappa shape index (κ3) is 11.0. The maximum atomic E-state index is 12.3. The van der Waals surface area contributed by atoms with Crippen molar-refractivity contribution in [3.05, 3.63) is 124 Å². The summed E-state index contributed by atoms with van der Waals surface area (Å²) in [6, 6.07) is 25.8. The summed E-state index contributed by atoms with van der Waals surface area (Å²) >= 11 is 1.48. The van der Waals surface area contributed by atoms with Crippen LogP contribution in [0.2, 0.25) is 0 Å². The van der Waals surface area contributed by atoms with Crippen molar-refractivity contribution >= 4 is 46.8 Å². The zero-order chi connectivity index (χ0) is 33.8. The summed E-state index contributed by atoms with van der Waals surface area (Å²) < 4.78 is 45.6. The van der Waals surface area contributed by atoms with Gasteiger partial charge in [0.1, 0.15) is 11.9 Å². The molecule has 0 aromatic heterocycles. The number of benzene rings is 4. The van der Waals surface area contributed by atoms with E-state index in [1.807, 2.05) is 68.4 Å². The molecule has 4 rings (SSSR count). The third-order valence-electron chi connectivity index (χ3n) is 6.61. The monoisotopic (exact) mass is 662 g/mol. The number of amidine groups is 1. The number of alkyl halides is 3. The van der Waals surface area contributed by atoms with Crippen LogP contribution in [0.3, 0.4) is 0 Å². The molecule has 4 aromatic carbocycles. The van der Waals surface area contributed by atoms with Gasteiger partial charge in [0.05, 0.1) is 30.9 Å². The highest BCUT2D eigenvalue weighted by atomic mass is 32.2. The molecule has 1 atom stereocenters. The minimum atomic E-state index is -4.75. The Kier molecular flexibility index (Phi) is 12.1. The molecule has 0 saturated heterocycles. The Hall–Kier alpha value is -5.14. The molecule has 244 valence electrons. The number of para-hydroxylation sites is 1. The van der Waals surface area contributed by atoms with E-state index < -0.39 is 12.5 Å². The first-order valence-corrected chi connectivity index (χ1v) is 15.2. The van der Waals surface area contributed by atoms with E-state index in [0.29, 0.717) is 22.2 Å². The number of aliphatic imine (C=N–C) groups is 2. The van der Waals surface area contributed by atoms with E-state index in [4.69, 9.17) is 15.5 Å². The predicted octanol–water partition coefficient (Wildman–Crippen LogP) is 7.63. The Morgan fingerprint density at radius 2 is 1.62 bits per heavy atom. The van der Waals surface area contributed by atoms with Crippen LogP contribution in [0, 0.1) is 13.8 Å². The van der Waals surface area contributed by atoms with Crippen molar-refractivity contribution in [3.8, 4) is 5.75 Å². The third-order valence-corrected chi connectivity index (χ3v) is 7.54. The highest BCUT2D eigenvalue weighted by Gasteiger charge is 2.30. The molecular formula is C34H33F3N6O3S. The van der Waals surface area contributed by atoms with Gasteiger partial charge in [-0.3, -0.25) is 10.4 Å². The van der Waals surface area contributed by atoms with Crippen LogP contribution in [0.15, 0.2) is 106 Å². The molecular weight excluding hydrogens is 629 g/mol. The summed E-state index contributed by atoms with van der Waals surface area (Å²) in [6.07, 6.45) is -2.38. The van der Waals surface area contributed by atoms with Crippen LogP contribution >= 0.6 is 11.8 Å². The maximum Gasteiger partial charge on any atom is 0.573 e. The summed E-state index contributed by atoms with van der Waals surface area (Å²) in [7, 11) is 1.35. The number of hydrazone groups is 1. The van der Waals surface area contributed by atoms with Gasteiger partial charge in [0.2, 0.25) is 0 Å². The number of halogens is 3. The van der Waals surface area contributed by atoms with E-state index in [-0.39, 0.29) is 11.7 Å². The first-order valence-electron chi connectivity index (χ1n) is 14.2. The summed E-state index contributed by atoms with van der Waals surface area (Å²) in [4.78, 5) is 20.9. The van der Waals surface area contributed by atoms with Crippen LogP contribution < -0.4 is 21.2 Å². The second kappa shape index (κ2) is 16.4. The van der Waals surface area contributed by atoms with Gasteiger partial charge >= 0.3 is 12.3 Å². The number of hydrogen-bond donors (Lipinski definition) is 3. The van der Waals surface area contributed by atoms with Crippen molar-refractivity contribution in [2.45, 2.75) is 32.1 Å². The molecule has 1 unspecified atom stereocenters. The number of esters is 1. The number of aryl methyl sites for hydroxylation is 2. The fourth-order valence-corrected chi connectivity index (χ4v) is 4.92. The number of thioether (sulfide) groups is 1. The number of anilines is 1. The van der Waals surface area contributed by atoms with E-state index in [1.165, 1.54) is 49.5 Å². The van der Waals surface area contributed by atoms with Crippen LogP contribution in [0.5, 0.6) is 5.75 Å². The van der Waals surface area contributed by atoms with Gasteiger partial charge in [0.15, 0.2) is 5.17 Å². The van der Waals surface area contributed by atoms with Crippen LogP contribution in [0.4, 0.5) is 24.5 Å². The largest absolute Gasteiger partial charge is 0.573 e. The molecule has 0 aliphatic heterocycles. The van der Waals surface area contributed by atoms with E-state index in [0.717, 1.165) is 33.5 Å². The predicted molar refractivity (Wildman–Crippen MR) is 181 cm³/mol. The minimum Gasteiger partial charge on any atom is -0.465 e. The molecule has 0 saturated carbocycles. The van der Waals surface area contributed by atoms with E-state index in [2.05, 4.69) is 25.6 Å². The number of nitrogens with zero attached hydrogens (tertiary/aromatic N) is 3. The molecule has 0 amide bonds. The van der Waals surface area contributed by atoms with Crippen LogP contribution in [-0.4, -0.2) is 37.2 Å². The lowest BCUT2D eigenvalue weighted by Gasteiger charge is -2.10. The van der Waals surface area contributed by atoms with E-state index in [1.54, 1.807) is 18.3 Å². The van der Waals surface area contributed by atoms with Gasteiger partial charge in [0.25, 0.3) is 0 Å². The van der Waals surface area contributed by atoms with Gasteiger partial charge in [-0.15, -0.1) is 13.2 Å². The average molecular weight is 663 g/mol. The molecule has 47 heavy (non-hydrogen) atoms. The Balaban J connectivity index is 1.37. The molecule has 0 aliphatic rings. The minimum absolute atomic E-state index is 0.317. The number of nitrogens with one attached hydrogen (secondary N) is 2. The lowest BCUT2D eigenvalue weighted by atomic mass is 10.1. The Morgan fingerprint density at radius 3 is 2.23 bits per heavy atom. The normalized spacial score (nSPS) is 12.7. The smallest absolute Gasteiger partial charge is 0.465 e. The van der Waals surface area contributed by atoms with Crippen LogP contribution in [-0.2, 0) is 10.5 Å². The average Bonchev–Trinajstić information content (AvgIpc) is 3.05. The fraction of sp³-hybridized carbons (Fsp3) is 0.176. The van der Waals surface area contributed by atoms with Crippen LogP contribution in [0.25, 0.3) is 0 Å². The fourth-order valence-electron chi connectivity index (χ4n) is 4.15. The topological polar surface area (TPSA) is 123 Å². The number of hydrogen-bond acceptors (Lipinski definition) is 8. The molecule has 13 heteroatoms. The van der Waals surface area contributed by atoms with Crippen molar-refractivity contribution in [1.82, 2.24) is 5.43 Å². The van der Waals surface area contributed by atoms with Gasteiger partial charge in [0, 0.05) is 11.4 Å². The molecule has 0 heterocycles. The molecule has 9 nitrogen and oxygen atoms in total. The maximum absolute atomic E-state index is 12.3. The van der Waals surface area contributed by atoms with Crippen molar-refractivity contribution in [2.75, 3.05) is 12.4 Å². The number of rotatable bonds is 11. The first-order chi connectivity index (χ1) is 22.5. The van der Waals surface area contributed by atoms with Gasteiger partial charge < -0.3 is 20.5 Å². The molecule has 0 fully saturated rings. The number of ether oxygens (including phenoxy) is 2. The number of nitrogens with two attached hydrogens (primary N) is 1. The summed E-state index contributed by atoms with van der Waals surface area (Å²) in [5.74, 6) is -0.112. The number of carbonyl (C=O) groups is 1. The van der Waals surface area contributed by atoms with Gasteiger partial charge in [-0.25, -0.2) is 9.79 Å². The van der Waals surface area contributed by atoms with Gasteiger partial charge in [-0.05, 0) is 78.1 Å². The summed E-state index contributed by atoms with van der Waals surface area (Å²) in [5, 5.41) is 7.88. The quantitative estimate of drug-likeness (QED) is 0.0653. The highest BCUT2D eigenvalue weighted by Crippen LogP contribution is 2.26. The van der Waals surface area contributed by atoms with E-state index >= 15 is 0 Å². The Bertz CT molecular complexity index is 1710. The molecule has 0 radical (unpaired) electrons. The second-order valence-corrected chi connectivity index (χ2v) is 11.1. The van der Waals surface area contributed by atoms with Crippen molar-refractivity contribution in [2.24, 2.45) is 20.8 Å². The highest BCUT2D eigenvalue weighted by molar-refractivity contribution is 8.13. The first kappa shape index (κ1) is 34.7. The number of methoxy groups -OCH3 is 1. The zero-order valence-corrected chi connectivity index (χ0v) is 26.6. The molecule has 0 spiro atoms. The van der Waals surface area contributed by atoms with Crippen molar-refractivity contribution in [3.63, 3.8) is 0 Å². The van der Waals surface area contributed by atoms with Gasteiger partial charge in [-0.1, -0.05) is 66.4 Å². The zero-order valence-electron chi connectivity index (χ0n) is 25.8. The number of carbonyl (C=O) groups excluding carboxylic acids is 1. The van der Waals surface area contributed by atoms with E-state index in [9.17, 15) is 18.0 Å². The summed E-state index contributed by atoms with van der Waals surface area (Å²) in [5.41, 5.74) is 15.7. The molecule has 4 aromatic rings. The lowest BCUT2D eigenvalue weighted by Crippen LogP contribution is -2.17. The Labute approximate surface area is 274 Å². The van der Waals surface area contributed by atoms with Crippen LogP contribution in [0.1, 0.15) is 44.3 Å². The standard InChI is InChI=1S/C34H33F3N6O3S/c1-22-5-4-6-23(2)30(22)42-33(47-20-25-9-13-27(14-10-25)32(44)45-3)43-41-19-24-7-11-26(12-8-24)31(38)40-21-39-28-15-17-29(18-16-28)46-34(35,36)37/h4-19,21,31H,20,38H2,1-3H3,(H,39,40)(H,42,43)/b41-19+. The molecule has 0 bridgehead atoms. The molecule has 4 N–H and O–H groups in total. The Morgan fingerprint density at radius 1 is 0.957 bits per heavy atom. The molecule has 0 aliphatic carbocycles. The summed E-state index contributed by atoms with van der Waals surface area (Å²) in [6.45, 7) is 4.01. The SMILES string of the molecule is COC(=O)c1ccc(CSC(=Nc2c(C)cccc2C)N/N=C/c2ccc(C(N)N=CNc3ccc(OC(F)(F)F)cc3)cc2)cc1. The second-order valence-electron chi connectivity index (χ2n) is 10.1. The van der Waals surface area contributed by atoms with Crippen molar-refractivity contribution < 1.29 is 27.4 Å².